The Hall–Kier alpha value is -0.860. The van der Waals surface area contributed by atoms with Gasteiger partial charge in [0.05, 0.1) is 6.10 Å². The Labute approximate surface area is 78.6 Å². The van der Waals surface area contributed by atoms with Crippen LogP contribution in [0.5, 0.6) is 0 Å². The SMILES string of the molecule is Cc1ccc(C(O)C2CCN2)cc1. The minimum Gasteiger partial charge on any atom is -0.387 e. The van der Waals surface area contributed by atoms with Crippen molar-refractivity contribution in [1.29, 1.82) is 0 Å². The molecule has 1 aliphatic rings. The quantitative estimate of drug-likeness (QED) is 0.715. The molecule has 1 aromatic carbocycles. The van der Waals surface area contributed by atoms with Crippen LogP contribution in [0.1, 0.15) is 23.7 Å². The Morgan fingerprint density at radius 1 is 1.38 bits per heavy atom. The van der Waals surface area contributed by atoms with Crippen molar-refractivity contribution < 1.29 is 5.11 Å². The van der Waals surface area contributed by atoms with Gasteiger partial charge in [-0.3, -0.25) is 0 Å². The molecule has 0 saturated carbocycles. The Morgan fingerprint density at radius 3 is 2.46 bits per heavy atom. The monoisotopic (exact) mass is 177 g/mol. The molecule has 70 valence electrons. The van der Waals surface area contributed by atoms with Crippen LogP contribution in [-0.4, -0.2) is 17.7 Å². The summed E-state index contributed by atoms with van der Waals surface area (Å²) in [4.78, 5) is 0. The molecule has 0 aliphatic carbocycles. The lowest BCUT2D eigenvalue weighted by Gasteiger charge is -2.32. The fraction of sp³-hybridized carbons (Fsp3) is 0.455. The summed E-state index contributed by atoms with van der Waals surface area (Å²) >= 11 is 0. The van der Waals surface area contributed by atoms with Crippen molar-refractivity contribution in [3.63, 3.8) is 0 Å². The summed E-state index contributed by atoms with van der Waals surface area (Å²) in [6.07, 6.45) is 0.740. The lowest BCUT2D eigenvalue weighted by atomic mass is 9.94. The third-order valence-corrected chi connectivity index (χ3v) is 2.66. The summed E-state index contributed by atoms with van der Waals surface area (Å²) in [6, 6.07) is 8.34. The van der Waals surface area contributed by atoms with Crippen LogP contribution >= 0.6 is 0 Å². The molecule has 0 bridgehead atoms. The van der Waals surface area contributed by atoms with E-state index in [1.54, 1.807) is 0 Å². The third-order valence-electron chi connectivity index (χ3n) is 2.66. The molecule has 0 aromatic heterocycles. The zero-order chi connectivity index (χ0) is 9.26. The summed E-state index contributed by atoms with van der Waals surface area (Å²) in [6.45, 7) is 3.09. The molecule has 2 unspecified atom stereocenters. The Morgan fingerprint density at radius 2 is 2.00 bits per heavy atom. The minimum absolute atomic E-state index is 0.266. The zero-order valence-corrected chi connectivity index (χ0v) is 7.83. The standard InChI is InChI=1S/C11H15NO/c1-8-2-4-9(5-3-8)11(13)10-6-7-12-10/h2-5,10-13H,6-7H2,1H3. The van der Waals surface area contributed by atoms with Crippen molar-refractivity contribution in [2.24, 2.45) is 0 Å². The Kier molecular flexibility index (Phi) is 2.34. The first-order valence-corrected chi connectivity index (χ1v) is 4.75. The molecule has 2 nitrogen and oxygen atoms in total. The predicted molar refractivity (Wildman–Crippen MR) is 52.5 cm³/mol. The number of hydrogen-bond donors (Lipinski definition) is 2. The predicted octanol–water partition coefficient (Wildman–Crippen LogP) is 1.39. The van der Waals surface area contributed by atoms with Gasteiger partial charge in [0.15, 0.2) is 0 Å². The van der Waals surface area contributed by atoms with Crippen LogP contribution in [0.15, 0.2) is 24.3 Å². The number of aryl methyl sites for hydroxylation is 1. The summed E-state index contributed by atoms with van der Waals surface area (Å²) in [5, 5.41) is 13.1. The highest BCUT2D eigenvalue weighted by Crippen LogP contribution is 2.22. The fourth-order valence-corrected chi connectivity index (χ4v) is 1.58. The molecule has 0 amide bonds. The second kappa shape index (κ2) is 3.48. The van der Waals surface area contributed by atoms with E-state index in [1.165, 1.54) is 5.56 Å². The molecule has 1 aliphatic heterocycles. The normalized spacial score (nSPS) is 23.7. The molecule has 1 heterocycles. The number of nitrogens with one attached hydrogen (secondary N) is 1. The third kappa shape index (κ3) is 1.74. The maximum absolute atomic E-state index is 9.87. The van der Waals surface area contributed by atoms with E-state index in [0.29, 0.717) is 0 Å². The van der Waals surface area contributed by atoms with Crippen LogP contribution in [0.4, 0.5) is 0 Å². The van der Waals surface area contributed by atoms with E-state index in [9.17, 15) is 5.11 Å². The second-order valence-corrected chi connectivity index (χ2v) is 3.70. The molecule has 1 saturated heterocycles. The van der Waals surface area contributed by atoms with Crippen LogP contribution in [0.2, 0.25) is 0 Å². The highest BCUT2D eigenvalue weighted by atomic mass is 16.3. The van der Waals surface area contributed by atoms with E-state index >= 15 is 0 Å². The number of aliphatic hydroxyl groups is 1. The molecule has 2 heteroatoms. The van der Waals surface area contributed by atoms with E-state index in [1.807, 2.05) is 24.3 Å². The average molecular weight is 177 g/mol. The first-order chi connectivity index (χ1) is 6.27. The maximum Gasteiger partial charge on any atom is 0.0943 e. The van der Waals surface area contributed by atoms with Crippen molar-refractivity contribution in [2.45, 2.75) is 25.5 Å². The Balaban J connectivity index is 2.10. The summed E-state index contributed by atoms with van der Waals surface area (Å²) in [5.74, 6) is 0. The fourth-order valence-electron chi connectivity index (χ4n) is 1.58. The van der Waals surface area contributed by atoms with Crippen molar-refractivity contribution in [2.75, 3.05) is 6.54 Å². The smallest absolute Gasteiger partial charge is 0.0943 e. The van der Waals surface area contributed by atoms with Gasteiger partial charge in [0.1, 0.15) is 0 Å². The molecular formula is C11H15NO. The number of aliphatic hydroxyl groups excluding tert-OH is 1. The van der Waals surface area contributed by atoms with Gasteiger partial charge in [0.25, 0.3) is 0 Å². The van der Waals surface area contributed by atoms with Gasteiger partial charge in [-0.1, -0.05) is 29.8 Å². The van der Waals surface area contributed by atoms with Crippen LogP contribution in [0.25, 0.3) is 0 Å². The van der Waals surface area contributed by atoms with Crippen molar-refractivity contribution in [3.8, 4) is 0 Å². The first kappa shape index (κ1) is 8.73. The van der Waals surface area contributed by atoms with Gasteiger partial charge in [-0.25, -0.2) is 0 Å². The van der Waals surface area contributed by atoms with Gasteiger partial charge in [-0.05, 0) is 25.5 Å². The molecule has 2 N–H and O–H groups in total. The number of hydrogen-bond acceptors (Lipinski definition) is 2. The molecule has 13 heavy (non-hydrogen) atoms. The topological polar surface area (TPSA) is 32.3 Å². The van der Waals surface area contributed by atoms with Gasteiger partial charge in [-0.15, -0.1) is 0 Å². The molecule has 0 radical (unpaired) electrons. The molecule has 2 rings (SSSR count). The summed E-state index contributed by atoms with van der Waals surface area (Å²) in [7, 11) is 0. The number of rotatable bonds is 2. The van der Waals surface area contributed by atoms with E-state index in [4.69, 9.17) is 0 Å². The van der Waals surface area contributed by atoms with E-state index in [-0.39, 0.29) is 12.1 Å². The van der Waals surface area contributed by atoms with E-state index in [2.05, 4.69) is 12.2 Å². The Bertz CT molecular complexity index is 277. The van der Waals surface area contributed by atoms with Gasteiger partial charge in [0.2, 0.25) is 0 Å². The van der Waals surface area contributed by atoms with Gasteiger partial charge in [-0.2, -0.15) is 0 Å². The molecule has 1 fully saturated rings. The highest BCUT2D eigenvalue weighted by molar-refractivity contribution is 5.24. The number of benzene rings is 1. The minimum atomic E-state index is -0.339. The largest absolute Gasteiger partial charge is 0.387 e. The average Bonchev–Trinajstić information content (AvgIpc) is 2.02. The zero-order valence-electron chi connectivity index (χ0n) is 7.83. The summed E-state index contributed by atoms with van der Waals surface area (Å²) in [5.41, 5.74) is 2.25. The molecule has 1 aromatic rings. The summed E-state index contributed by atoms with van der Waals surface area (Å²) < 4.78 is 0. The molecule has 2 atom stereocenters. The van der Waals surface area contributed by atoms with Crippen LogP contribution in [0.3, 0.4) is 0 Å². The lowest BCUT2D eigenvalue weighted by molar-refractivity contribution is 0.0957. The van der Waals surface area contributed by atoms with Gasteiger partial charge >= 0.3 is 0 Å². The van der Waals surface area contributed by atoms with Gasteiger partial charge < -0.3 is 10.4 Å². The molecule has 0 spiro atoms. The molecular weight excluding hydrogens is 162 g/mol. The van der Waals surface area contributed by atoms with Crippen LogP contribution in [0, 0.1) is 6.92 Å². The highest BCUT2D eigenvalue weighted by Gasteiger charge is 2.25. The van der Waals surface area contributed by atoms with Crippen molar-refractivity contribution >= 4 is 0 Å². The second-order valence-electron chi connectivity index (χ2n) is 3.70. The first-order valence-electron chi connectivity index (χ1n) is 4.75. The van der Waals surface area contributed by atoms with E-state index in [0.717, 1.165) is 18.5 Å². The van der Waals surface area contributed by atoms with Gasteiger partial charge in [0, 0.05) is 6.04 Å². The van der Waals surface area contributed by atoms with Crippen LogP contribution in [-0.2, 0) is 0 Å². The van der Waals surface area contributed by atoms with Crippen molar-refractivity contribution in [1.82, 2.24) is 5.32 Å². The van der Waals surface area contributed by atoms with Crippen molar-refractivity contribution in [3.05, 3.63) is 35.4 Å². The van der Waals surface area contributed by atoms with Crippen LogP contribution < -0.4 is 5.32 Å². The maximum atomic E-state index is 9.87. The van der Waals surface area contributed by atoms with E-state index < -0.39 is 0 Å². The lowest BCUT2D eigenvalue weighted by Crippen LogP contribution is -2.46.